The average molecular weight is 723 g/mol. The van der Waals surface area contributed by atoms with Crippen molar-refractivity contribution < 1.29 is 0 Å². The van der Waals surface area contributed by atoms with Crippen molar-refractivity contribution in [3.63, 3.8) is 0 Å². The van der Waals surface area contributed by atoms with Crippen LogP contribution in [-0.2, 0) is 5.41 Å². The average Bonchev–Trinajstić information content (AvgIpc) is 3.88. The maximum Gasteiger partial charge on any atom is 0.0548 e. The molecule has 0 aliphatic carbocycles. The summed E-state index contributed by atoms with van der Waals surface area (Å²) in [6.07, 6.45) is 0. The quantitative estimate of drug-likeness (QED) is 0.171. The maximum absolute atomic E-state index is 2.43. The first-order valence-electron chi connectivity index (χ1n) is 19.1. The predicted molar refractivity (Wildman–Crippen MR) is 238 cm³/mol. The summed E-state index contributed by atoms with van der Waals surface area (Å²) >= 11 is 1.88. The van der Waals surface area contributed by atoms with Gasteiger partial charge < -0.3 is 9.13 Å². The summed E-state index contributed by atoms with van der Waals surface area (Å²) in [5.74, 6) is 0. The molecule has 0 aliphatic heterocycles. The summed E-state index contributed by atoms with van der Waals surface area (Å²) in [7, 11) is 0. The molecular weight excluding hydrogens is 685 g/mol. The van der Waals surface area contributed by atoms with Crippen LogP contribution in [-0.4, -0.2) is 9.13 Å². The molecule has 11 rings (SSSR count). The topological polar surface area (TPSA) is 9.86 Å². The Labute approximate surface area is 324 Å². The summed E-state index contributed by atoms with van der Waals surface area (Å²) in [5, 5.41) is 7.93. The van der Waals surface area contributed by atoms with Gasteiger partial charge in [-0.3, -0.25) is 0 Å². The minimum atomic E-state index is 0.0967. The number of para-hydroxylation sites is 2. The Kier molecular flexibility index (Phi) is 7.02. The number of hydrogen-bond acceptors (Lipinski definition) is 1. The van der Waals surface area contributed by atoms with Crippen LogP contribution >= 0.6 is 11.3 Å². The van der Waals surface area contributed by atoms with Crippen molar-refractivity contribution in [2.75, 3.05) is 0 Å². The highest BCUT2D eigenvalue weighted by Gasteiger charge is 2.19. The summed E-state index contributed by atoms with van der Waals surface area (Å²) in [4.78, 5) is 0. The van der Waals surface area contributed by atoms with Crippen LogP contribution in [0.4, 0.5) is 0 Å². The SMILES string of the molecule is CC(C)(C)c1ccc2c(c1)c1ccccc1n2-c1ccc(-c2ccc(-c3ccc(-n4c5ccccc5c5c6c(ccc54)sc4ccccc46)cc3)cc2)cc1. The zero-order chi connectivity index (χ0) is 36.8. The lowest BCUT2D eigenvalue weighted by Crippen LogP contribution is -2.10. The molecule has 2 nitrogen and oxygen atoms in total. The molecule has 0 spiro atoms. The van der Waals surface area contributed by atoms with Crippen molar-refractivity contribution in [2.24, 2.45) is 0 Å². The van der Waals surface area contributed by atoms with Crippen LogP contribution in [0.1, 0.15) is 26.3 Å². The second-order valence-corrected chi connectivity index (χ2v) is 16.9. The van der Waals surface area contributed by atoms with Crippen LogP contribution in [0, 0.1) is 0 Å². The van der Waals surface area contributed by atoms with E-state index in [1.54, 1.807) is 0 Å². The van der Waals surface area contributed by atoms with E-state index in [2.05, 4.69) is 206 Å². The molecule has 11 aromatic rings. The number of nitrogens with zero attached hydrogens (tertiary/aromatic N) is 2. The fourth-order valence-electron chi connectivity index (χ4n) is 8.73. The number of rotatable bonds is 4. The van der Waals surface area contributed by atoms with Crippen molar-refractivity contribution >= 4 is 75.1 Å². The molecule has 0 aliphatic rings. The van der Waals surface area contributed by atoms with Gasteiger partial charge >= 0.3 is 0 Å². The molecule has 0 bridgehead atoms. The van der Waals surface area contributed by atoms with E-state index < -0.39 is 0 Å². The van der Waals surface area contributed by atoms with Crippen molar-refractivity contribution in [3.8, 4) is 33.6 Å². The zero-order valence-corrected chi connectivity index (χ0v) is 31.9. The minimum Gasteiger partial charge on any atom is -0.309 e. The number of benzene rings is 8. The van der Waals surface area contributed by atoms with E-state index in [1.165, 1.54) is 103 Å². The molecule has 262 valence electrons. The lowest BCUT2D eigenvalue weighted by atomic mass is 9.86. The standard InChI is InChI=1S/C52H38N2S/c1-52(2,3)37-24-29-46-43(32-37)40-10-4-7-13-44(40)53(46)38-25-20-35(21-26-38)33-16-18-34(19-17-33)36-22-27-39(28-23-36)54-45-14-8-5-11-41(45)50-47(54)30-31-49-51(50)42-12-6-9-15-48(42)55-49/h4-32H,1-3H3. The number of hydrogen-bond donors (Lipinski definition) is 0. The van der Waals surface area contributed by atoms with Gasteiger partial charge in [-0.25, -0.2) is 0 Å². The Morgan fingerprint density at radius 1 is 0.364 bits per heavy atom. The van der Waals surface area contributed by atoms with Crippen molar-refractivity contribution in [2.45, 2.75) is 26.2 Å². The molecule has 3 heterocycles. The molecule has 0 amide bonds. The largest absolute Gasteiger partial charge is 0.309 e. The third kappa shape index (κ3) is 5.00. The van der Waals surface area contributed by atoms with Crippen molar-refractivity contribution in [1.29, 1.82) is 0 Å². The summed E-state index contributed by atoms with van der Waals surface area (Å²) in [6.45, 7) is 6.85. The molecule has 3 aromatic heterocycles. The molecule has 3 heteroatoms. The molecule has 0 radical (unpaired) electrons. The first kappa shape index (κ1) is 32.0. The smallest absolute Gasteiger partial charge is 0.0548 e. The van der Waals surface area contributed by atoms with Gasteiger partial charge in [-0.2, -0.15) is 0 Å². The third-order valence-corrected chi connectivity index (χ3v) is 12.7. The molecule has 55 heavy (non-hydrogen) atoms. The van der Waals surface area contributed by atoms with Gasteiger partial charge in [-0.1, -0.05) is 130 Å². The molecule has 0 unspecified atom stereocenters. The van der Waals surface area contributed by atoms with Crippen LogP contribution in [0.5, 0.6) is 0 Å². The van der Waals surface area contributed by atoms with Crippen LogP contribution in [0.2, 0.25) is 0 Å². The van der Waals surface area contributed by atoms with E-state index in [-0.39, 0.29) is 5.41 Å². The number of aromatic nitrogens is 2. The van der Waals surface area contributed by atoms with E-state index in [0.29, 0.717) is 0 Å². The summed E-state index contributed by atoms with van der Waals surface area (Å²) < 4.78 is 7.50. The third-order valence-electron chi connectivity index (χ3n) is 11.5. The van der Waals surface area contributed by atoms with Crippen molar-refractivity contribution in [1.82, 2.24) is 9.13 Å². The van der Waals surface area contributed by atoms with E-state index >= 15 is 0 Å². The Bertz CT molecular complexity index is 3260. The Balaban J connectivity index is 0.914. The second-order valence-electron chi connectivity index (χ2n) is 15.8. The Morgan fingerprint density at radius 3 is 1.45 bits per heavy atom. The molecule has 0 fully saturated rings. The minimum absolute atomic E-state index is 0.0967. The molecule has 0 saturated heterocycles. The zero-order valence-electron chi connectivity index (χ0n) is 31.0. The lowest BCUT2D eigenvalue weighted by Gasteiger charge is -2.19. The van der Waals surface area contributed by atoms with Gasteiger partial charge in [0.1, 0.15) is 0 Å². The number of thiophene rings is 1. The monoisotopic (exact) mass is 722 g/mol. The van der Waals surface area contributed by atoms with Gasteiger partial charge in [0, 0.05) is 53.1 Å². The van der Waals surface area contributed by atoms with Crippen LogP contribution in [0.15, 0.2) is 176 Å². The van der Waals surface area contributed by atoms with E-state index in [9.17, 15) is 0 Å². The van der Waals surface area contributed by atoms with E-state index in [4.69, 9.17) is 0 Å². The van der Waals surface area contributed by atoms with Gasteiger partial charge in [-0.05, 0) is 100.0 Å². The Hall–Kier alpha value is -6.42. The van der Waals surface area contributed by atoms with E-state index in [0.717, 1.165) is 0 Å². The summed E-state index contributed by atoms with van der Waals surface area (Å²) in [6, 6.07) is 65.0. The highest BCUT2D eigenvalue weighted by Crippen LogP contribution is 2.43. The fraction of sp³-hybridized carbons (Fsp3) is 0.0769. The predicted octanol–water partition coefficient (Wildman–Crippen LogP) is 14.9. The fourth-order valence-corrected chi connectivity index (χ4v) is 9.84. The number of fused-ring (bicyclic) bond motifs is 10. The van der Waals surface area contributed by atoms with Gasteiger partial charge in [0.05, 0.1) is 22.1 Å². The Morgan fingerprint density at radius 2 is 0.836 bits per heavy atom. The normalized spacial score (nSPS) is 12.3. The lowest BCUT2D eigenvalue weighted by molar-refractivity contribution is 0.591. The van der Waals surface area contributed by atoms with Gasteiger partial charge in [0.15, 0.2) is 0 Å². The molecule has 8 aromatic carbocycles. The highest BCUT2D eigenvalue weighted by atomic mass is 32.1. The van der Waals surface area contributed by atoms with Crippen molar-refractivity contribution in [3.05, 3.63) is 181 Å². The van der Waals surface area contributed by atoms with E-state index in [1.807, 2.05) is 11.3 Å². The molecule has 0 N–H and O–H groups in total. The molecule has 0 atom stereocenters. The molecular formula is C52H38N2S. The highest BCUT2D eigenvalue weighted by molar-refractivity contribution is 7.26. The molecule has 0 saturated carbocycles. The maximum atomic E-state index is 2.43. The first-order valence-corrected chi connectivity index (χ1v) is 19.9. The second kappa shape index (κ2) is 12.0. The van der Waals surface area contributed by atoms with Crippen LogP contribution in [0.3, 0.4) is 0 Å². The van der Waals surface area contributed by atoms with Gasteiger partial charge in [0.25, 0.3) is 0 Å². The van der Waals surface area contributed by atoms with Crippen LogP contribution < -0.4 is 0 Å². The first-order chi connectivity index (χ1) is 26.9. The van der Waals surface area contributed by atoms with Gasteiger partial charge in [-0.15, -0.1) is 11.3 Å². The van der Waals surface area contributed by atoms with Crippen LogP contribution in [0.25, 0.3) is 97.4 Å². The summed E-state index contributed by atoms with van der Waals surface area (Å²) in [5.41, 5.74) is 13.6. The van der Waals surface area contributed by atoms with Gasteiger partial charge in [0.2, 0.25) is 0 Å².